The lowest BCUT2D eigenvalue weighted by molar-refractivity contribution is -0.138. The molecule has 7 nitrogen and oxygen atoms in total. The van der Waals surface area contributed by atoms with Gasteiger partial charge in [-0.15, -0.1) is 0 Å². The lowest BCUT2D eigenvalue weighted by Crippen LogP contribution is -2.50. The van der Waals surface area contributed by atoms with E-state index >= 15 is 0 Å². The predicted molar refractivity (Wildman–Crippen MR) is 134 cm³/mol. The third-order valence-electron chi connectivity index (χ3n) is 7.62. The lowest BCUT2D eigenvalue weighted by atomic mass is 9.83. The zero-order chi connectivity index (χ0) is 28.7. The van der Waals surface area contributed by atoms with Crippen LogP contribution in [-0.2, 0) is 25.9 Å². The maximum absolute atomic E-state index is 14.9. The smallest absolute Gasteiger partial charge is 0.381 e. The molecular formula is C28H31F4N3O4. The normalized spacial score (nSPS) is 20.8. The molecule has 0 bridgehead atoms. The van der Waals surface area contributed by atoms with Crippen LogP contribution in [0.4, 0.5) is 17.6 Å². The molecule has 3 atom stereocenters. The summed E-state index contributed by atoms with van der Waals surface area (Å²) < 4.78 is 59.2. The number of nitrogens with one attached hydrogen (secondary N) is 1. The van der Waals surface area contributed by atoms with E-state index in [2.05, 4.69) is 5.32 Å². The molecule has 0 aromatic heterocycles. The number of amides is 3. The van der Waals surface area contributed by atoms with Crippen molar-refractivity contribution in [1.82, 2.24) is 10.2 Å². The second-order valence-electron chi connectivity index (χ2n) is 10.9. The fourth-order valence-electron chi connectivity index (χ4n) is 4.97. The first-order valence-electron chi connectivity index (χ1n) is 12.7. The van der Waals surface area contributed by atoms with Gasteiger partial charge in [-0.2, -0.15) is 13.2 Å². The minimum absolute atomic E-state index is 0.0109. The molecule has 210 valence electrons. The number of halogens is 4. The van der Waals surface area contributed by atoms with Crippen molar-refractivity contribution < 1.29 is 36.7 Å². The van der Waals surface area contributed by atoms with E-state index in [1.54, 1.807) is 38.1 Å². The number of alkyl halides is 3. The van der Waals surface area contributed by atoms with Crippen molar-refractivity contribution in [3.05, 3.63) is 70.5 Å². The first-order valence-corrected chi connectivity index (χ1v) is 12.7. The Morgan fingerprint density at radius 2 is 1.77 bits per heavy atom. The van der Waals surface area contributed by atoms with Gasteiger partial charge in [0.15, 0.2) is 0 Å². The van der Waals surface area contributed by atoms with E-state index < -0.39 is 52.8 Å². The molecule has 2 aliphatic heterocycles. The van der Waals surface area contributed by atoms with Crippen LogP contribution in [0.15, 0.2) is 42.5 Å². The number of ether oxygens (including phenoxy) is 1. The molecule has 0 spiro atoms. The molecule has 39 heavy (non-hydrogen) atoms. The molecule has 2 saturated heterocycles. The van der Waals surface area contributed by atoms with Crippen molar-refractivity contribution in [1.29, 1.82) is 0 Å². The number of carbonyl (C=O) groups is 3. The van der Waals surface area contributed by atoms with Crippen LogP contribution < -0.4 is 11.1 Å². The van der Waals surface area contributed by atoms with Crippen molar-refractivity contribution in [2.75, 3.05) is 19.8 Å². The standard InChI is InChI=1S/C28H31F4N3O4/c1-15-9-22(35(12-15)25(37)16-5-4-6-18(10-16)27(2,3)26(33)38)24(36)34-23(17-13-39-14-17)20-8-7-19(11-21(20)29)28(30,31)32/h4-8,10-11,15,17,22-23H,9,12-14H2,1-3H3,(H2,33,38)(H,34,36)/t15-,22-,23-/m1/s1. The number of primary amides is 1. The second-order valence-corrected chi connectivity index (χ2v) is 10.9. The summed E-state index contributed by atoms with van der Waals surface area (Å²) in [5, 5.41) is 2.79. The van der Waals surface area contributed by atoms with Gasteiger partial charge in [-0.1, -0.05) is 25.1 Å². The van der Waals surface area contributed by atoms with Crippen molar-refractivity contribution in [3.8, 4) is 0 Å². The summed E-state index contributed by atoms with van der Waals surface area (Å²) in [6.07, 6.45) is -4.35. The van der Waals surface area contributed by atoms with Crippen LogP contribution in [0.1, 0.15) is 60.3 Å². The summed E-state index contributed by atoms with van der Waals surface area (Å²) in [4.78, 5) is 40.4. The van der Waals surface area contributed by atoms with Gasteiger partial charge in [0.1, 0.15) is 11.9 Å². The van der Waals surface area contributed by atoms with Gasteiger partial charge < -0.3 is 20.7 Å². The van der Waals surface area contributed by atoms with Gasteiger partial charge in [0.25, 0.3) is 5.91 Å². The SMILES string of the molecule is C[C@@H]1C[C@H](C(=O)N[C@@H](c2ccc(C(F)(F)F)cc2F)C2COC2)N(C(=O)c2cccc(C(C)(C)C(N)=O)c2)C1. The van der Waals surface area contributed by atoms with Crippen LogP contribution >= 0.6 is 0 Å². The number of hydrogen-bond acceptors (Lipinski definition) is 4. The summed E-state index contributed by atoms with van der Waals surface area (Å²) in [5.74, 6) is -2.92. The monoisotopic (exact) mass is 549 g/mol. The molecule has 2 fully saturated rings. The lowest BCUT2D eigenvalue weighted by Gasteiger charge is -2.36. The maximum atomic E-state index is 14.9. The van der Waals surface area contributed by atoms with Gasteiger partial charge in [-0.05, 0) is 56.0 Å². The van der Waals surface area contributed by atoms with E-state index in [0.717, 1.165) is 12.1 Å². The van der Waals surface area contributed by atoms with Crippen LogP contribution in [0.2, 0.25) is 0 Å². The van der Waals surface area contributed by atoms with Crippen molar-refractivity contribution >= 4 is 17.7 Å². The molecule has 4 rings (SSSR count). The largest absolute Gasteiger partial charge is 0.416 e. The van der Waals surface area contributed by atoms with Gasteiger partial charge >= 0.3 is 6.18 Å². The first kappa shape index (κ1) is 28.5. The summed E-state index contributed by atoms with van der Waals surface area (Å²) in [6.45, 7) is 5.91. The number of rotatable bonds is 7. The number of nitrogens with two attached hydrogens (primary N) is 1. The van der Waals surface area contributed by atoms with E-state index in [-0.39, 0.29) is 36.2 Å². The Morgan fingerprint density at radius 1 is 1.08 bits per heavy atom. The van der Waals surface area contributed by atoms with Crippen molar-refractivity contribution in [3.63, 3.8) is 0 Å². The van der Waals surface area contributed by atoms with Gasteiger partial charge in [-0.25, -0.2) is 4.39 Å². The summed E-state index contributed by atoms with van der Waals surface area (Å²) in [5.41, 5.74) is 4.15. The average molecular weight is 550 g/mol. The van der Waals surface area contributed by atoms with Gasteiger partial charge in [0.2, 0.25) is 11.8 Å². The fourth-order valence-corrected chi connectivity index (χ4v) is 4.97. The fraction of sp³-hybridized carbons (Fsp3) is 0.464. The molecule has 2 aromatic rings. The Kier molecular flexibility index (Phi) is 7.75. The van der Waals surface area contributed by atoms with E-state index in [9.17, 15) is 31.9 Å². The van der Waals surface area contributed by atoms with E-state index in [0.29, 0.717) is 24.6 Å². The molecule has 0 radical (unpaired) electrons. The Morgan fingerprint density at radius 3 is 2.33 bits per heavy atom. The third kappa shape index (κ3) is 5.78. The molecule has 2 heterocycles. The van der Waals surface area contributed by atoms with Crippen LogP contribution in [0, 0.1) is 17.7 Å². The predicted octanol–water partition coefficient (Wildman–Crippen LogP) is 3.96. The Labute approximate surface area is 223 Å². The number of carbonyl (C=O) groups excluding carboxylic acids is 3. The van der Waals surface area contributed by atoms with Gasteiger partial charge in [0.05, 0.1) is 30.2 Å². The van der Waals surface area contributed by atoms with Crippen molar-refractivity contribution in [2.24, 2.45) is 17.6 Å². The van der Waals surface area contributed by atoms with Gasteiger partial charge in [0, 0.05) is 23.6 Å². The molecule has 11 heteroatoms. The molecule has 2 aromatic carbocycles. The van der Waals surface area contributed by atoms with Crippen molar-refractivity contribution in [2.45, 2.75) is 50.9 Å². The van der Waals surface area contributed by atoms with Gasteiger partial charge in [-0.3, -0.25) is 14.4 Å². The van der Waals surface area contributed by atoms with Crippen LogP contribution in [0.25, 0.3) is 0 Å². The third-order valence-corrected chi connectivity index (χ3v) is 7.62. The summed E-state index contributed by atoms with van der Waals surface area (Å²) >= 11 is 0. The number of nitrogens with zero attached hydrogens (tertiary/aromatic N) is 1. The number of likely N-dealkylation sites (tertiary alicyclic amines) is 1. The molecular weight excluding hydrogens is 518 g/mol. The second kappa shape index (κ2) is 10.6. The number of hydrogen-bond donors (Lipinski definition) is 2. The zero-order valence-electron chi connectivity index (χ0n) is 21.8. The topological polar surface area (TPSA) is 102 Å². The summed E-state index contributed by atoms with van der Waals surface area (Å²) in [6, 6.07) is 6.94. The molecule has 0 saturated carbocycles. The zero-order valence-corrected chi connectivity index (χ0v) is 21.8. The summed E-state index contributed by atoms with van der Waals surface area (Å²) in [7, 11) is 0. The Bertz CT molecular complexity index is 1280. The molecule has 0 unspecified atom stereocenters. The van der Waals surface area contributed by atoms with Crippen LogP contribution in [0.3, 0.4) is 0 Å². The van der Waals surface area contributed by atoms with Crippen LogP contribution in [-0.4, -0.2) is 48.4 Å². The van der Waals surface area contributed by atoms with E-state index in [1.165, 1.54) is 4.90 Å². The minimum atomic E-state index is -4.71. The Balaban J connectivity index is 1.58. The quantitative estimate of drug-likeness (QED) is 0.511. The first-order chi connectivity index (χ1) is 18.2. The highest BCUT2D eigenvalue weighted by Crippen LogP contribution is 2.35. The highest BCUT2D eigenvalue weighted by atomic mass is 19.4. The molecule has 3 N–H and O–H groups in total. The molecule has 2 aliphatic rings. The molecule has 0 aliphatic carbocycles. The van der Waals surface area contributed by atoms with E-state index in [4.69, 9.17) is 10.5 Å². The highest BCUT2D eigenvalue weighted by Gasteiger charge is 2.42. The van der Waals surface area contributed by atoms with E-state index in [1.807, 2.05) is 6.92 Å². The molecule has 3 amide bonds. The highest BCUT2D eigenvalue weighted by molar-refractivity contribution is 5.98. The number of benzene rings is 2. The Hall–Kier alpha value is -3.47. The maximum Gasteiger partial charge on any atom is 0.416 e. The minimum Gasteiger partial charge on any atom is -0.381 e. The van der Waals surface area contributed by atoms with Crippen LogP contribution in [0.5, 0.6) is 0 Å². The average Bonchev–Trinajstić information content (AvgIpc) is 3.23.